The summed E-state index contributed by atoms with van der Waals surface area (Å²) in [7, 11) is 11.3. The standard InChI is InChI=1S/C62H58N4Si2/c1-63(2)43-29-33-59-55(37-43)51-41-53-54(42-52(51)56-38-44(64(3)4)30-34-60(56)67(59,47-21-13-9-14-22-47)48-23-15-10-16-24-48)58-40-46(66(7)8)32-36-62(58)68(49-25-17-11-18-26-49,50-27-19-12-20-28-50)61-35-31-45(65(5)6)39-57(53)61/h9-42H,1-8H3. The lowest BCUT2D eigenvalue weighted by Gasteiger charge is -2.36. The zero-order valence-electron chi connectivity index (χ0n) is 40.4. The van der Waals surface area contributed by atoms with E-state index < -0.39 is 16.1 Å². The van der Waals surface area contributed by atoms with E-state index in [0.717, 1.165) is 0 Å². The smallest absolute Gasteiger partial charge is 0.180 e. The second-order valence-electron chi connectivity index (χ2n) is 19.4. The van der Waals surface area contributed by atoms with Crippen molar-refractivity contribution in [3.05, 3.63) is 206 Å². The highest BCUT2D eigenvalue weighted by molar-refractivity contribution is 7.22. The zero-order chi connectivity index (χ0) is 46.9. The van der Waals surface area contributed by atoms with E-state index in [1.54, 1.807) is 0 Å². The third kappa shape index (κ3) is 6.53. The summed E-state index contributed by atoms with van der Waals surface area (Å²) >= 11 is 0. The van der Waals surface area contributed by atoms with E-state index in [2.05, 4.69) is 282 Å². The van der Waals surface area contributed by atoms with Crippen molar-refractivity contribution in [1.29, 1.82) is 0 Å². The quantitative estimate of drug-likeness (QED) is 0.144. The van der Waals surface area contributed by atoms with E-state index in [9.17, 15) is 0 Å². The van der Waals surface area contributed by atoms with Gasteiger partial charge in [-0.1, -0.05) is 146 Å². The second kappa shape index (κ2) is 16.7. The van der Waals surface area contributed by atoms with Gasteiger partial charge in [0, 0.05) is 79.1 Å². The van der Waals surface area contributed by atoms with Gasteiger partial charge >= 0.3 is 0 Å². The van der Waals surface area contributed by atoms with E-state index in [4.69, 9.17) is 0 Å². The van der Waals surface area contributed by atoms with Gasteiger partial charge in [-0.3, -0.25) is 0 Å². The maximum Gasteiger partial charge on any atom is 0.180 e. The van der Waals surface area contributed by atoms with Gasteiger partial charge in [0.15, 0.2) is 16.1 Å². The van der Waals surface area contributed by atoms with E-state index in [-0.39, 0.29) is 0 Å². The van der Waals surface area contributed by atoms with Gasteiger partial charge in [-0.25, -0.2) is 0 Å². The molecule has 0 amide bonds. The molecule has 2 aliphatic heterocycles. The first-order chi connectivity index (χ1) is 33.0. The molecule has 0 atom stereocenters. The number of hydrogen-bond donors (Lipinski definition) is 0. The summed E-state index contributed by atoms with van der Waals surface area (Å²) in [6.45, 7) is 0. The van der Waals surface area contributed by atoms with Gasteiger partial charge in [0.1, 0.15) is 0 Å². The number of rotatable bonds is 8. The number of nitrogens with zero attached hydrogens (tertiary/aromatic N) is 4. The van der Waals surface area contributed by atoms with Crippen molar-refractivity contribution in [2.24, 2.45) is 0 Å². The number of anilines is 4. The SMILES string of the molecule is CN(C)c1ccc2c(c1)-c1cc3c(cc1-c1cc(N(C)C)ccc1[Si]2(c1ccccc1)c1ccccc1)-c1cc(N(C)C)ccc1[Si](c1ccccc1)(c1ccccc1)c1ccc(N(C)C)cc1-3. The first kappa shape index (κ1) is 43.2. The van der Waals surface area contributed by atoms with Crippen LogP contribution in [0, 0.1) is 0 Å². The van der Waals surface area contributed by atoms with Crippen molar-refractivity contribution in [2.45, 2.75) is 0 Å². The fourth-order valence-corrected chi connectivity index (χ4v) is 21.8. The molecule has 2 aliphatic rings. The summed E-state index contributed by atoms with van der Waals surface area (Å²) < 4.78 is 0. The third-order valence-corrected chi connectivity index (χ3v) is 24.6. The van der Waals surface area contributed by atoms with Crippen LogP contribution in [0.1, 0.15) is 0 Å². The Bertz CT molecular complexity index is 2900. The van der Waals surface area contributed by atoms with Crippen LogP contribution in [0.5, 0.6) is 0 Å². The Balaban J connectivity index is 1.38. The Labute approximate surface area is 405 Å². The molecule has 0 N–H and O–H groups in total. The van der Waals surface area contributed by atoms with Crippen LogP contribution in [0.2, 0.25) is 0 Å². The zero-order valence-corrected chi connectivity index (χ0v) is 42.4. The predicted molar refractivity (Wildman–Crippen MR) is 300 cm³/mol. The van der Waals surface area contributed by atoms with Crippen LogP contribution >= 0.6 is 0 Å². The van der Waals surface area contributed by atoms with Crippen molar-refractivity contribution >= 4 is 80.4 Å². The number of fused-ring (bicyclic) bond motifs is 10. The van der Waals surface area contributed by atoms with Gasteiger partial charge in [-0.2, -0.15) is 0 Å². The minimum absolute atomic E-state index is 1.18. The first-order valence-corrected chi connectivity index (χ1v) is 27.7. The highest BCUT2D eigenvalue weighted by Gasteiger charge is 2.49. The van der Waals surface area contributed by atoms with E-state index in [0.29, 0.717) is 0 Å². The Kier molecular flexibility index (Phi) is 10.6. The molecule has 4 nitrogen and oxygen atoms in total. The average molecular weight is 915 g/mol. The Morgan fingerprint density at radius 1 is 0.221 bits per heavy atom. The topological polar surface area (TPSA) is 13.0 Å². The van der Waals surface area contributed by atoms with Gasteiger partial charge < -0.3 is 19.6 Å². The molecule has 0 spiro atoms. The monoisotopic (exact) mass is 914 g/mol. The van der Waals surface area contributed by atoms with Gasteiger partial charge in [-0.05, 0) is 147 Å². The van der Waals surface area contributed by atoms with Crippen molar-refractivity contribution in [1.82, 2.24) is 0 Å². The molecule has 6 heteroatoms. The average Bonchev–Trinajstić information content (AvgIpc) is 3.54. The van der Waals surface area contributed by atoms with Crippen molar-refractivity contribution in [2.75, 3.05) is 76.0 Å². The molecule has 11 rings (SSSR count). The van der Waals surface area contributed by atoms with Gasteiger partial charge in [0.05, 0.1) is 0 Å². The van der Waals surface area contributed by atoms with Crippen LogP contribution in [0.3, 0.4) is 0 Å². The van der Waals surface area contributed by atoms with Crippen molar-refractivity contribution < 1.29 is 0 Å². The molecular weight excluding hydrogens is 857 g/mol. The molecule has 0 radical (unpaired) electrons. The predicted octanol–water partition coefficient (Wildman–Crippen LogP) is 8.00. The van der Waals surface area contributed by atoms with Crippen LogP contribution in [-0.4, -0.2) is 72.5 Å². The highest BCUT2D eigenvalue weighted by atomic mass is 28.3. The van der Waals surface area contributed by atoms with Crippen LogP contribution in [-0.2, 0) is 0 Å². The van der Waals surface area contributed by atoms with Gasteiger partial charge in [-0.15, -0.1) is 0 Å². The minimum Gasteiger partial charge on any atom is -0.378 e. The lowest BCUT2D eigenvalue weighted by Crippen LogP contribution is -2.75. The molecule has 2 heterocycles. The largest absolute Gasteiger partial charge is 0.378 e. The normalized spacial score (nSPS) is 13.5. The van der Waals surface area contributed by atoms with Crippen molar-refractivity contribution in [3.8, 4) is 44.5 Å². The molecule has 0 saturated carbocycles. The summed E-state index contributed by atoms with van der Waals surface area (Å²) in [6.07, 6.45) is 0. The molecule has 0 aliphatic carbocycles. The number of hydrogen-bond acceptors (Lipinski definition) is 4. The summed E-state index contributed by atoms with van der Waals surface area (Å²) in [4.78, 5) is 9.04. The molecule has 0 unspecified atom stereocenters. The molecule has 0 bridgehead atoms. The fourth-order valence-electron chi connectivity index (χ4n) is 11.6. The molecule has 0 saturated heterocycles. The van der Waals surface area contributed by atoms with Gasteiger partial charge in [0.25, 0.3) is 0 Å². The Morgan fingerprint density at radius 3 is 0.618 bits per heavy atom. The third-order valence-electron chi connectivity index (χ3n) is 14.8. The number of benzene rings is 9. The first-order valence-electron chi connectivity index (χ1n) is 23.7. The summed E-state index contributed by atoms with van der Waals surface area (Å²) in [5, 5.41) is 11.1. The van der Waals surface area contributed by atoms with Crippen LogP contribution in [0.25, 0.3) is 44.5 Å². The fraction of sp³-hybridized carbons (Fsp3) is 0.129. The van der Waals surface area contributed by atoms with E-state index >= 15 is 0 Å². The summed E-state index contributed by atoms with van der Waals surface area (Å²) in [6, 6.07) is 80.3. The molecular formula is C62H58N4Si2. The van der Waals surface area contributed by atoms with Crippen LogP contribution < -0.4 is 61.1 Å². The van der Waals surface area contributed by atoms with Gasteiger partial charge in [0.2, 0.25) is 0 Å². The Hall–Kier alpha value is -7.39. The van der Waals surface area contributed by atoms with Crippen LogP contribution in [0.15, 0.2) is 206 Å². The summed E-state index contributed by atoms with van der Waals surface area (Å²) in [5.74, 6) is 0. The lowest BCUT2D eigenvalue weighted by molar-refractivity contribution is 1.13. The molecule has 0 aromatic heterocycles. The molecule has 334 valence electrons. The molecule has 68 heavy (non-hydrogen) atoms. The summed E-state index contributed by atoms with van der Waals surface area (Å²) in [5.41, 5.74) is 15.0. The molecule has 9 aromatic carbocycles. The lowest BCUT2D eigenvalue weighted by atomic mass is 9.85. The van der Waals surface area contributed by atoms with Crippen molar-refractivity contribution in [3.63, 3.8) is 0 Å². The maximum atomic E-state index is 2.61. The van der Waals surface area contributed by atoms with E-state index in [1.165, 1.54) is 109 Å². The van der Waals surface area contributed by atoms with Crippen LogP contribution in [0.4, 0.5) is 22.7 Å². The second-order valence-corrected chi connectivity index (χ2v) is 26.9. The highest BCUT2D eigenvalue weighted by Crippen LogP contribution is 2.47. The maximum absolute atomic E-state index is 3.04. The van der Waals surface area contributed by atoms with E-state index in [1.807, 2.05) is 0 Å². The molecule has 9 aromatic rings. The Morgan fingerprint density at radius 2 is 0.426 bits per heavy atom. The molecule has 0 fully saturated rings. The minimum atomic E-state index is -3.04.